The molecule has 0 saturated carbocycles. The molecule has 1 aromatic carbocycles. The van der Waals surface area contributed by atoms with Crippen LogP contribution in [0.25, 0.3) is 0 Å². The summed E-state index contributed by atoms with van der Waals surface area (Å²) in [6.45, 7) is 7.93. The van der Waals surface area contributed by atoms with Gasteiger partial charge in [-0.15, -0.1) is 11.3 Å². The summed E-state index contributed by atoms with van der Waals surface area (Å²) in [7, 11) is 0. The molecule has 3 aliphatic rings. The minimum atomic E-state index is 0.273. The van der Waals surface area contributed by atoms with Crippen LogP contribution in [-0.4, -0.2) is 46.4 Å². The third-order valence-corrected chi connectivity index (χ3v) is 6.79. The van der Waals surface area contributed by atoms with Gasteiger partial charge in [-0.05, 0) is 38.2 Å². The van der Waals surface area contributed by atoms with Gasteiger partial charge in [0.1, 0.15) is 0 Å². The predicted molar refractivity (Wildman–Crippen MR) is 105 cm³/mol. The van der Waals surface area contributed by atoms with E-state index in [0.29, 0.717) is 18.4 Å². The Morgan fingerprint density at radius 3 is 2.69 bits per heavy atom. The van der Waals surface area contributed by atoms with Gasteiger partial charge >= 0.3 is 0 Å². The lowest BCUT2D eigenvalue weighted by molar-refractivity contribution is -0.130. The first-order chi connectivity index (χ1) is 12.6. The summed E-state index contributed by atoms with van der Waals surface area (Å²) in [6.07, 6.45) is 2.97. The fraction of sp³-hybridized carbons (Fsp3) is 0.524. The minimum absolute atomic E-state index is 0.273. The SMILES string of the molecule is Cc1nc(C)c(CC(=O)N2C[C@H]3CC[C@@H](C2)N(Cc2ccccc2)C3)s1. The summed E-state index contributed by atoms with van der Waals surface area (Å²) >= 11 is 1.66. The van der Waals surface area contributed by atoms with Crippen LogP contribution in [0.5, 0.6) is 0 Å². The number of hydrogen-bond donors (Lipinski definition) is 0. The van der Waals surface area contributed by atoms with E-state index in [-0.39, 0.29) is 5.91 Å². The van der Waals surface area contributed by atoms with Gasteiger partial charge in [-0.3, -0.25) is 9.69 Å². The number of aryl methyl sites for hydroxylation is 2. The van der Waals surface area contributed by atoms with Gasteiger partial charge in [-0.25, -0.2) is 4.98 Å². The molecule has 4 nitrogen and oxygen atoms in total. The van der Waals surface area contributed by atoms with Crippen molar-refractivity contribution in [1.82, 2.24) is 14.8 Å². The molecule has 4 heterocycles. The standard InChI is InChI=1S/C21H27N3OS/c1-15-20(26-16(2)22-15)10-21(25)24-13-18-8-9-19(14-24)23(12-18)11-17-6-4-3-5-7-17/h3-7,18-19H,8-14H2,1-2H3/t18-,19-/m0/s1. The molecule has 1 aromatic heterocycles. The fourth-order valence-corrected chi connectivity index (χ4v) is 5.31. The van der Waals surface area contributed by atoms with Crippen molar-refractivity contribution in [3.8, 4) is 0 Å². The minimum Gasteiger partial charge on any atom is -0.340 e. The van der Waals surface area contributed by atoms with E-state index in [2.05, 4.69) is 45.1 Å². The number of rotatable bonds is 4. The van der Waals surface area contributed by atoms with Crippen LogP contribution in [0.2, 0.25) is 0 Å². The maximum absolute atomic E-state index is 13.0. The molecule has 2 bridgehead atoms. The van der Waals surface area contributed by atoms with Gasteiger partial charge in [0, 0.05) is 37.1 Å². The van der Waals surface area contributed by atoms with Crippen LogP contribution in [-0.2, 0) is 17.8 Å². The number of thiazole rings is 1. The van der Waals surface area contributed by atoms with E-state index >= 15 is 0 Å². The molecule has 0 aliphatic carbocycles. The van der Waals surface area contributed by atoms with Gasteiger partial charge in [0.2, 0.25) is 5.91 Å². The summed E-state index contributed by atoms with van der Waals surface area (Å²) in [4.78, 5) is 23.3. The van der Waals surface area contributed by atoms with Crippen molar-refractivity contribution in [2.24, 2.45) is 5.92 Å². The van der Waals surface area contributed by atoms with Gasteiger partial charge in [0.15, 0.2) is 0 Å². The first kappa shape index (κ1) is 17.7. The summed E-state index contributed by atoms with van der Waals surface area (Å²) < 4.78 is 0. The van der Waals surface area contributed by atoms with Gasteiger partial charge in [0.05, 0.1) is 17.1 Å². The number of aromatic nitrogens is 1. The zero-order valence-electron chi connectivity index (χ0n) is 15.6. The molecule has 0 N–H and O–H groups in total. The number of nitrogens with zero attached hydrogens (tertiary/aromatic N) is 3. The van der Waals surface area contributed by atoms with Crippen LogP contribution in [0.4, 0.5) is 0 Å². The van der Waals surface area contributed by atoms with Crippen LogP contribution >= 0.6 is 11.3 Å². The average Bonchev–Trinajstić information content (AvgIpc) is 2.80. The Morgan fingerprint density at radius 1 is 1.15 bits per heavy atom. The van der Waals surface area contributed by atoms with E-state index in [1.165, 1.54) is 18.4 Å². The topological polar surface area (TPSA) is 36.4 Å². The predicted octanol–water partition coefficient (Wildman–Crippen LogP) is 3.43. The van der Waals surface area contributed by atoms with E-state index in [9.17, 15) is 4.79 Å². The molecule has 1 amide bonds. The Hall–Kier alpha value is -1.72. The molecule has 138 valence electrons. The van der Waals surface area contributed by atoms with Gasteiger partial charge < -0.3 is 4.90 Å². The number of hydrogen-bond acceptors (Lipinski definition) is 4. The second-order valence-corrected chi connectivity index (χ2v) is 9.02. The quantitative estimate of drug-likeness (QED) is 0.828. The van der Waals surface area contributed by atoms with Crippen LogP contribution in [0.3, 0.4) is 0 Å². The molecule has 2 atom stereocenters. The molecule has 2 aromatic rings. The number of benzene rings is 1. The average molecular weight is 370 g/mol. The summed E-state index contributed by atoms with van der Waals surface area (Å²) in [5.41, 5.74) is 2.39. The van der Waals surface area contributed by atoms with E-state index in [1.54, 1.807) is 11.3 Å². The molecular formula is C21H27N3OS. The highest BCUT2D eigenvalue weighted by Crippen LogP contribution is 2.30. The van der Waals surface area contributed by atoms with E-state index in [0.717, 1.165) is 41.8 Å². The Balaban J connectivity index is 1.44. The first-order valence-corrected chi connectivity index (χ1v) is 10.4. The molecule has 0 spiro atoms. The molecule has 0 radical (unpaired) electrons. The maximum Gasteiger partial charge on any atom is 0.227 e. The Bertz CT molecular complexity index is 773. The number of fused-ring (bicyclic) bond motifs is 4. The second-order valence-electron chi connectivity index (χ2n) is 7.73. The van der Waals surface area contributed by atoms with Gasteiger partial charge in [-0.2, -0.15) is 0 Å². The summed E-state index contributed by atoms with van der Waals surface area (Å²) in [5, 5.41) is 1.05. The first-order valence-electron chi connectivity index (χ1n) is 9.57. The molecule has 3 aliphatic heterocycles. The zero-order chi connectivity index (χ0) is 18.1. The highest BCUT2D eigenvalue weighted by Gasteiger charge is 2.36. The Morgan fingerprint density at radius 2 is 1.96 bits per heavy atom. The van der Waals surface area contributed by atoms with Crippen molar-refractivity contribution in [2.45, 2.75) is 45.7 Å². The Kier molecular flexibility index (Phi) is 5.09. The van der Waals surface area contributed by atoms with Crippen molar-refractivity contribution >= 4 is 17.2 Å². The van der Waals surface area contributed by atoms with Gasteiger partial charge in [0.25, 0.3) is 0 Å². The number of amides is 1. The van der Waals surface area contributed by atoms with Crippen molar-refractivity contribution in [1.29, 1.82) is 0 Å². The normalized spacial score (nSPS) is 23.2. The number of carbonyl (C=O) groups excluding carboxylic acids is 1. The van der Waals surface area contributed by atoms with Gasteiger partial charge in [-0.1, -0.05) is 30.3 Å². The fourth-order valence-electron chi connectivity index (χ4n) is 4.38. The molecular weight excluding hydrogens is 342 g/mol. The van der Waals surface area contributed by atoms with Crippen molar-refractivity contribution in [3.63, 3.8) is 0 Å². The third kappa shape index (κ3) is 3.84. The highest BCUT2D eigenvalue weighted by atomic mass is 32.1. The number of piperidine rings is 1. The lowest BCUT2D eigenvalue weighted by Gasteiger charge is -2.36. The lowest BCUT2D eigenvalue weighted by Crippen LogP contribution is -2.44. The number of carbonyl (C=O) groups is 1. The molecule has 3 saturated heterocycles. The van der Waals surface area contributed by atoms with Crippen molar-refractivity contribution in [2.75, 3.05) is 19.6 Å². The van der Waals surface area contributed by atoms with E-state index < -0.39 is 0 Å². The smallest absolute Gasteiger partial charge is 0.227 e. The van der Waals surface area contributed by atoms with Crippen LogP contribution < -0.4 is 0 Å². The highest BCUT2D eigenvalue weighted by molar-refractivity contribution is 7.11. The van der Waals surface area contributed by atoms with E-state index in [4.69, 9.17) is 0 Å². The van der Waals surface area contributed by atoms with Crippen LogP contribution in [0, 0.1) is 19.8 Å². The molecule has 0 unspecified atom stereocenters. The zero-order valence-corrected chi connectivity index (χ0v) is 16.5. The monoisotopic (exact) mass is 369 g/mol. The van der Waals surface area contributed by atoms with Crippen molar-refractivity contribution in [3.05, 3.63) is 51.5 Å². The molecule has 3 fully saturated rings. The molecule has 5 heteroatoms. The second kappa shape index (κ2) is 7.49. The van der Waals surface area contributed by atoms with E-state index in [1.807, 2.05) is 13.8 Å². The molecule has 5 rings (SSSR count). The Labute approximate surface area is 159 Å². The van der Waals surface area contributed by atoms with Crippen LogP contribution in [0.1, 0.15) is 34.0 Å². The molecule has 26 heavy (non-hydrogen) atoms. The van der Waals surface area contributed by atoms with Crippen LogP contribution in [0.15, 0.2) is 30.3 Å². The maximum atomic E-state index is 13.0. The largest absolute Gasteiger partial charge is 0.340 e. The van der Waals surface area contributed by atoms with Crippen molar-refractivity contribution < 1.29 is 4.79 Å². The lowest BCUT2D eigenvalue weighted by atomic mass is 9.94. The third-order valence-electron chi connectivity index (χ3n) is 5.72. The summed E-state index contributed by atoms with van der Waals surface area (Å²) in [5.74, 6) is 0.876. The summed E-state index contributed by atoms with van der Waals surface area (Å²) in [6, 6.07) is 11.2.